The Bertz CT molecular complexity index is 238. The monoisotopic (exact) mass is 211 g/mol. The largest absolute Gasteiger partial charge is 0.462 e. The van der Waals surface area contributed by atoms with Crippen molar-refractivity contribution in [1.82, 2.24) is 5.32 Å². The smallest absolute Gasteiger partial charge is 0.311 e. The van der Waals surface area contributed by atoms with Crippen molar-refractivity contribution in [2.45, 2.75) is 45.8 Å². The minimum Gasteiger partial charge on any atom is -0.462 e. The highest BCUT2D eigenvalue weighted by Gasteiger charge is 2.51. The van der Waals surface area contributed by atoms with Crippen LogP contribution in [0.15, 0.2) is 0 Å². The third-order valence-electron chi connectivity index (χ3n) is 3.53. The van der Waals surface area contributed by atoms with Gasteiger partial charge in [-0.25, -0.2) is 0 Å². The SMILES string of the molecule is CC(C)CC(C)OC(=O)C1C2CNC1C2. The molecule has 3 fully saturated rings. The normalized spacial score (nSPS) is 35.1. The minimum absolute atomic E-state index is 0.0226. The van der Waals surface area contributed by atoms with Crippen molar-refractivity contribution in [3.8, 4) is 0 Å². The summed E-state index contributed by atoms with van der Waals surface area (Å²) in [6.07, 6.45) is 2.19. The van der Waals surface area contributed by atoms with E-state index in [2.05, 4.69) is 19.2 Å². The van der Waals surface area contributed by atoms with E-state index in [1.807, 2.05) is 6.92 Å². The van der Waals surface area contributed by atoms with Gasteiger partial charge in [-0.3, -0.25) is 4.79 Å². The molecule has 0 spiro atoms. The summed E-state index contributed by atoms with van der Waals surface area (Å²) in [5.74, 6) is 1.31. The fraction of sp³-hybridized carbons (Fsp3) is 0.917. The van der Waals surface area contributed by atoms with Crippen molar-refractivity contribution in [2.24, 2.45) is 17.8 Å². The van der Waals surface area contributed by atoms with E-state index < -0.39 is 0 Å². The number of hydrogen-bond donors (Lipinski definition) is 1. The van der Waals surface area contributed by atoms with Crippen LogP contribution in [0, 0.1) is 17.8 Å². The number of carbonyl (C=O) groups excluding carboxylic acids is 1. The van der Waals surface area contributed by atoms with E-state index in [1.54, 1.807) is 0 Å². The third-order valence-corrected chi connectivity index (χ3v) is 3.53. The van der Waals surface area contributed by atoms with Crippen molar-refractivity contribution >= 4 is 5.97 Å². The molecule has 3 heteroatoms. The molecule has 3 rings (SSSR count). The van der Waals surface area contributed by atoms with E-state index in [4.69, 9.17) is 4.74 Å². The Hall–Kier alpha value is -0.570. The van der Waals surface area contributed by atoms with Gasteiger partial charge in [0.1, 0.15) is 0 Å². The van der Waals surface area contributed by atoms with Crippen molar-refractivity contribution in [3.05, 3.63) is 0 Å². The van der Waals surface area contributed by atoms with Crippen LogP contribution in [0.25, 0.3) is 0 Å². The van der Waals surface area contributed by atoms with E-state index in [0.717, 1.165) is 13.0 Å². The van der Waals surface area contributed by atoms with Crippen molar-refractivity contribution in [3.63, 3.8) is 0 Å². The van der Waals surface area contributed by atoms with Gasteiger partial charge < -0.3 is 10.1 Å². The molecule has 1 saturated carbocycles. The van der Waals surface area contributed by atoms with Crippen LogP contribution in [-0.4, -0.2) is 24.7 Å². The van der Waals surface area contributed by atoms with E-state index >= 15 is 0 Å². The Kier molecular flexibility index (Phi) is 3.01. The molecule has 1 aliphatic carbocycles. The van der Waals surface area contributed by atoms with Crippen LogP contribution in [0.5, 0.6) is 0 Å². The first kappa shape index (κ1) is 10.9. The van der Waals surface area contributed by atoms with E-state index in [-0.39, 0.29) is 18.0 Å². The lowest BCUT2D eigenvalue weighted by molar-refractivity contribution is -0.159. The lowest BCUT2D eigenvalue weighted by Gasteiger charge is -2.33. The highest BCUT2D eigenvalue weighted by Crippen LogP contribution is 2.40. The number of fused-ring (bicyclic) bond motifs is 1. The van der Waals surface area contributed by atoms with Gasteiger partial charge in [0.05, 0.1) is 12.0 Å². The van der Waals surface area contributed by atoms with Crippen LogP contribution in [0.3, 0.4) is 0 Å². The molecule has 2 bridgehead atoms. The lowest BCUT2D eigenvalue weighted by atomic mass is 9.74. The molecule has 0 aromatic heterocycles. The van der Waals surface area contributed by atoms with Gasteiger partial charge in [0, 0.05) is 6.04 Å². The van der Waals surface area contributed by atoms with E-state index in [9.17, 15) is 4.79 Å². The number of carbonyl (C=O) groups is 1. The Morgan fingerprint density at radius 1 is 1.47 bits per heavy atom. The van der Waals surface area contributed by atoms with Crippen LogP contribution < -0.4 is 5.32 Å². The summed E-state index contributed by atoms with van der Waals surface area (Å²) in [4.78, 5) is 11.8. The second-order valence-electron chi connectivity index (χ2n) is 5.41. The van der Waals surface area contributed by atoms with Gasteiger partial charge in [0.25, 0.3) is 0 Å². The van der Waals surface area contributed by atoms with Gasteiger partial charge in [-0.15, -0.1) is 0 Å². The molecule has 86 valence electrons. The maximum absolute atomic E-state index is 11.8. The van der Waals surface area contributed by atoms with Gasteiger partial charge in [0.15, 0.2) is 0 Å². The molecular weight excluding hydrogens is 190 g/mol. The van der Waals surface area contributed by atoms with Crippen LogP contribution in [0.2, 0.25) is 0 Å². The summed E-state index contributed by atoms with van der Waals surface area (Å²) < 4.78 is 5.47. The zero-order valence-electron chi connectivity index (χ0n) is 9.82. The van der Waals surface area contributed by atoms with Crippen LogP contribution in [0.1, 0.15) is 33.6 Å². The van der Waals surface area contributed by atoms with E-state index in [1.165, 1.54) is 6.42 Å². The van der Waals surface area contributed by atoms with Gasteiger partial charge in [-0.1, -0.05) is 13.8 Å². The zero-order chi connectivity index (χ0) is 11.0. The standard InChI is InChI=1S/C12H21NO2/c1-7(2)4-8(3)15-12(14)11-9-5-10(11)13-6-9/h7-11,13H,4-6H2,1-3H3. The third kappa shape index (κ3) is 2.17. The van der Waals surface area contributed by atoms with Crippen LogP contribution >= 0.6 is 0 Å². The summed E-state index contributed by atoms with van der Waals surface area (Å²) >= 11 is 0. The Morgan fingerprint density at radius 3 is 2.67 bits per heavy atom. The summed E-state index contributed by atoms with van der Waals surface area (Å²) in [6.45, 7) is 7.30. The predicted molar refractivity (Wildman–Crippen MR) is 58.4 cm³/mol. The predicted octanol–water partition coefficient (Wildman–Crippen LogP) is 1.57. The molecule has 4 atom stereocenters. The van der Waals surface area contributed by atoms with E-state index in [0.29, 0.717) is 17.9 Å². The molecule has 2 saturated heterocycles. The summed E-state index contributed by atoms with van der Waals surface area (Å²) in [5.41, 5.74) is 0. The molecule has 0 radical (unpaired) electrons. The molecule has 2 aliphatic heterocycles. The van der Waals surface area contributed by atoms with Gasteiger partial charge in [-0.05, 0) is 38.1 Å². The maximum Gasteiger partial charge on any atom is 0.311 e. The second-order valence-corrected chi connectivity index (χ2v) is 5.41. The van der Waals surface area contributed by atoms with Crippen molar-refractivity contribution < 1.29 is 9.53 Å². The Labute approximate surface area is 91.6 Å². The number of nitrogens with one attached hydrogen (secondary N) is 1. The van der Waals surface area contributed by atoms with Crippen LogP contribution in [-0.2, 0) is 9.53 Å². The van der Waals surface area contributed by atoms with Crippen LogP contribution in [0.4, 0.5) is 0 Å². The maximum atomic E-state index is 11.8. The summed E-state index contributed by atoms with van der Waals surface area (Å²) in [5, 5.41) is 3.34. The number of esters is 1. The van der Waals surface area contributed by atoms with Gasteiger partial charge >= 0.3 is 5.97 Å². The zero-order valence-corrected chi connectivity index (χ0v) is 9.82. The fourth-order valence-corrected chi connectivity index (χ4v) is 2.82. The summed E-state index contributed by atoms with van der Waals surface area (Å²) in [7, 11) is 0. The molecular formula is C12H21NO2. The fourth-order valence-electron chi connectivity index (χ4n) is 2.82. The van der Waals surface area contributed by atoms with Crippen molar-refractivity contribution in [2.75, 3.05) is 6.54 Å². The summed E-state index contributed by atoms with van der Waals surface area (Å²) in [6, 6.07) is 0.411. The molecule has 4 unspecified atom stereocenters. The molecule has 0 aromatic carbocycles. The first-order valence-corrected chi connectivity index (χ1v) is 6.01. The highest BCUT2D eigenvalue weighted by molar-refractivity contribution is 5.75. The molecule has 0 amide bonds. The first-order chi connectivity index (χ1) is 7.08. The molecule has 1 N–H and O–H groups in total. The molecule has 15 heavy (non-hydrogen) atoms. The van der Waals surface area contributed by atoms with Crippen molar-refractivity contribution in [1.29, 1.82) is 0 Å². The highest BCUT2D eigenvalue weighted by atomic mass is 16.5. The quantitative estimate of drug-likeness (QED) is 0.717. The first-order valence-electron chi connectivity index (χ1n) is 6.01. The lowest BCUT2D eigenvalue weighted by Crippen LogP contribution is -2.44. The number of rotatable bonds is 4. The number of ether oxygens (including phenoxy) is 1. The molecule has 0 aromatic rings. The van der Waals surface area contributed by atoms with Gasteiger partial charge in [-0.2, -0.15) is 0 Å². The second kappa shape index (κ2) is 4.12. The Morgan fingerprint density at radius 2 is 2.20 bits per heavy atom. The topological polar surface area (TPSA) is 38.3 Å². The number of hydrogen-bond acceptors (Lipinski definition) is 3. The molecule has 3 aliphatic rings. The molecule has 3 nitrogen and oxygen atoms in total. The Balaban J connectivity index is 1.77. The average Bonchev–Trinajstić information content (AvgIpc) is 2.59. The minimum atomic E-state index is 0.0226. The van der Waals surface area contributed by atoms with Gasteiger partial charge in [0.2, 0.25) is 0 Å². The average molecular weight is 211 g/mol. The molecule has 2 heterocycles.